The zero-order chi connectivity index (χ0) is 39.0. The standard InChI is InChI=1S/C42H49N3O9S/c1-3-22-52-42-39(55-33-17-12-30(13-18-33)43-27(2)48)25-37(44-53-26-28-10-14-31(15-11-28)45(50)51)35-23-29(8-4-6-20-46)34(9-5-7-21-47)40(41(35)42)36-24-32(49)16-19-38(36)54-42/h3,10-19,23-24,29,34,39-41,46-47,49H,1,4-9,20-22,25-26H2,2H3,(H,43,48)/t29-,34+,39-,40+,41+,42+/m0/s1. The van der Waals surface area contributed by atoms with Crippen LogP contribution in [0.3, 0.4) is 0 Å². The van der Waals surface area contributed by atoms with Crippen molar-refractivity contribution in [2.75, 3.05) is 25.1 Å². The number of hydrogen-bond acceptors (Lipinski definition) is 11. The molecule has 1 saturated carbocycles. The van der Waals surface area contributed by atoms with Crippen LogP contribution in [-0.4, -0.2) is 62.7 Å². The molecule has 3 aromatic carbocycles. The number of thioether (sulfide) groups is 1. The van der Waals surface area contributed by atoms with E-state index in [1.165, 1.54) is 19.1 Å². The number of carbonyl (C=O) groups is 1. The first-order chi connectivity index (χ1) is 26.7. The van der Waals surface area contributed by atoms with Gasteiger partial charge in [0, 0.05) is 60.8 Å². The highest BCUT2D eigenvalue weighted by molar-refractivity contribution is 8.00. The summed E-state index contributed by atoms with van der Waals surface area (Å²) in [6.45, 7) is 5.93. The van der Waals surface area contributed by atoms with Gasteiger partial charge in [-0.15, -0.1) is 18.3 Å². The van der Waals surface area contributed by atoms with E-state index in [1.54, 1.807) is 42.1 Å². The van der Waals surface area contributed by atoms with Crippen molar-refractivity contribution < 1.29 is 39.3 Å². The monoisotopic (exact) mass is 771 g/mol. The number of fused-ring (bicyclic) bond motifs is 2. The summed E-state index contributed by atoms with van der Waals surface area (Å²) >= 11 is 1.59. The van der Waals surface area contributed by atoms with E-state index in [0.717, 1.165) is 53.0 Å². The molecule has 2 aliphatic carbocycles. The fraction of sp³-hybridized carbons (Fsp3) is 0.429. The minimum atomic E-state index is -1.21. The molecule has 1 aliphatic heterocycles. The van der Waals surface area contributed by atoms with E-state index < -0.39 is 10.7 Å². The molecule has 1 amide bonds. The maximum atomic E-state index is 11.7. The average molecular weight is 772 g/mol. The summed E-state index contributed by atoms with van der Waals surface area (Å²) < 4.78 is 14.0. The van der Waals surface area contributed by atoms with E-state index in [1.807, 2.05) is 30.3 Å². The number of aliphatic hydroxyl groups excluding tert-OH is 2. The lowest BCUT2D eigenvalue weighted by molar-refractivity contribution is -0.384. The zero-order valence-corrected chi connectivity index (χ0v) is 31.8. The number of non-ortho nitro benzene ring substituents is 1. The van der Waals surface area contributed by atoms with E-state index in [4.69, 9.17) is 19.5 Å². The highest BCUT2D eigenvalue weighted by atomic mass is 32.2. The predicted octanol–water partition coefficient (Wildman–Crippen LogP) is 7.88. The molecule has 6 rings (SSSR count). The van der Waals surface area contributed by atoms with Crippen molar-refractivity contribution in [3.63, 3.8) is 0 Å². The number of benzene rings is 3. The summed E-state index contributed by atoms with van der Waals surface area (Å²) in [4.78, 5) is 29.5. The summed E-state index contributed by atoms with van der Waals surface area (Å²) in [6, 6.07) is 19.0. The van der Waals surface area contributed by atoms with Gasteiger partial charge in [-0.1, -0.05) is 30.1 Å². The minimum Gasteiger partial charge on any atom is -0.508 e. The van der Waals surface area contributed by atoms with Gasteiger partial charge >= 0.3 is 0 Å². The zero-order valence-electron chi connectivity index (χ0n) is 31.0. The fourth-order valence-corrected chi connectivity index (χ4v) is 9.61. The molecule has 0 radical (unpaired) electrons. The smallest absolute Gasteiger partial charge is 0.269 e. The Kier molecular flexibility index (Phi) is 13.3. The van der Waals surface area contributed by atoms with Crippen LogP contribution in [0, 0.1) is 27.9 Å². The summed E-state index contributed by atoms with van der Waals surface area (Å²) in [5.41, 5.74) is 3.95. The highest BCUT2D eigenvalue weighted by Crippen LogP contribution is 2.63. The van der Waals surface area contributed by atoms with Crippen LogP contribution in [0.2, 0.25) is 0 Å². The molecule has 1 fully saturated rings. The van der Waals surface area contributed by atoms with E-state index in [2.05, 4.69) is 18.0 Å². The topological polar surface area (TPSA) is 173 Å². The molecule has 292 valence electrons. The summed E-state index contributed by atoms with van der Waals surface area (Å²) in [7, 11) is 0. The minimum absolute atomic E-state index is 0.00835. The molecule has 0 spiro atoms. The van der Waals surface area contributed by atoms with Crippen molar-refractivity contribution >= 4 is 34.8 Å². The normalized spacial score (nSPS) is 24.5. The number of allylic oxidation sites excluding steroid dienone is 1. The second kappa shape index (κ2) is 18.3. The SMILES string of the molecule is C=CCO[C@@]12Oc3ccc(O)cc3[C@H]3[C@H](CCCCO)[C@@H](CCCCO)C=C(C(=NOCc4ccc([N+](=O)[O-])cc4)C[C@@H]1Sc1ccc(NC(C)=O)cc1)[C@H]32. The number of nitro benzene ring substituents is 1. The highest BCUT2D eigenvalue weighted by Gasteiger charge is 2.64. The largest absolute Gasteiger partial charge is 0.508 e. The van der Waals surface area contributed by atoms with E-state index in [0.29, 0.717) is 30.7 Å². The molecule has 4 N–H and O–H groups in total. The molecule has 13 heteroatoms. The number of amides is 1. The molecule has 1 heterocycles. The fourth-order valence-electron chi connectivity index (χ4n) is 8.32. The molecule has 12 nitrogen and oxygen atoms in total. The Morgan fingerprint density at radius 1 is 1.07 bits per heavy atom. The van der Waals surface area contributed by atoms with Gasteiger partial charge in [-0.2, -0.15) is 0 Å². The Labute approximate surface area is 325 Å². The Morgan fingerprint density at radius 2 is 1.80 bits per heavy atom. The van der Waals surface area contributed by atoms with Gasteiger partial charge in [0.1, 0.15) is 18.1 Å². The van der Waals surface area contributed by atoms with Crippen molar-refractivity contribution in [1.29, 1.82) is 0 Å². The summed E-state index contributed by atoms with van der Waals surface area (Å²) in [5, 5.41) is 48.9. The van der Waals surface area contributed by atoms with Gasteiger partial charge in [-0.05, 0) is 103 Å². The van der Waals surface area contributed by atoms with Crippen LogP contribution in [0.4, 0.5) is 11.4 Å². The molecular formula is C42H49N3O9S. The number of nitro groups is 1. The number of nitrogens with one attached hydrogen (secondary N) is 1. The molecule has 6 atom stereocenters. The van der Waals surface area contributed by atoms with Crippen LogP contribution in [0.25, 0.3) is 0 Å². The van der Waals surface area contributed by atoms with E-state index in [-0.39, 0.29) is 72.7 Å². The van der Waals surface area contributed by atoms with Crippen LogP contribution >= 0.6 is 11.8 Å². The number of hydrogen-bond donors (Lipinski definition) is 4. The number of phenolic OH excluding ortho intramolecular Hbond substituents is 1. The lowest BCUT2D eigenvalue weighted by atomic mass is 9.56. The molecule has 3 aliphatic rings. The van der Waals surface area contributed by atoms with Crippen LogP contribution in [0.15, 0.2) is 101 Å². The lowest BCUT2D eigenvalue weighted by Gasteiger charge is -2.58. The third kappa shape index (κ3) is 9.07. The van der Waals surface area contributed by atoms with Crippen LogP contribution in [0.5, 0.6) is 11.5 Å². The number of unbranched alkanes of at least 4 members (excludes halogenated alkanes) is 2. The Balaban J connectivity index is 1.49. The summed E-state index contributed by atoms with van der Waals surface area (Å²) in [5.74, 6) is -1.01. The number of carbonyl (C=O) groups excluding carboxylic acids is 1. The number of anilines is 1. The first-order valence-electron chi connectivity index (χ1n) is 18.8. The van der Waals surface area contributed by atoms with Crippen LogP contribution < -0.4 is 10.1 Å². The number of rotatable bonds is 18. The first kappa shape index (κ1) is 40.0. The van der Waals surface area contributed by atoms with Gasteiger partial charge < -0.3 is 34.9 Å². The van der Waals surface area contributed by atoms with Crippen molar-refractivity contribution in [2.24, 2.45) is 22.9 Å². The molecule has 0 bridgehead atoms. The number of nitrogens with zero attached hydrogens (tertiary/aromatic N) is 2. The second-order valence-corrected chi connectivity index (χ2v) is 15.6. The van der Waals surface area contributed by atoms with Gasteiger partial charge in [0.15, 0.2) is 0 Å². The number of ether oxygens (including phenoxy) is 2. The molecule has 0 aromatic heterocycles. The van der Waals surface area contributed by atoms with Crippen LogP contribution in [0.1, 0.15) is 68.9 Å². The average Bonchev–Trinajstić information content (AvgIpc) is 3.17. The van der Waals surface area contributed by atoms with Crippen LogP contribution in [-0.2, 0) is 21.0 Å². The molecular weight excluding hydrogens is 723 g/mol. The molecule has 0 unspecified atom stereocenters. The van der Waals surface area contributed by atoms with Crippen molar-refractivity contribution in [3.05, 3.63) is 112 Å². The number of oxime groups is 1. The second-order valence-electron chi connectivity index (χ2n) is 14.3. The van der Waals surface area contributed by atoms with Crippen molar-refractivity contribution in [1.82, 2.24) is 0 Å². The van der Waals surface area contributed by atoms with E-state index >= 15 is 0 Å². The number of phenols is 1. The summed E-state index contributed by atoms with van der Waals surface area (Å²) in [6.07, 6.45) is 8.99. The molecule has 55 heavy (non-hydrogen) atoms. The van der Waals surface area contributed by atoms with Crippen molar-refractivity contribution in [2.45, 2.75) is 80.3 Å². The van der Waals surface area contributed by atoms with Gasteiger partial charge in [-0.25, -0.2) is 0 Å². The molecule has 3 aromatic rings. The maximum absolute atomic E-state index is 11.7. The quantitative estimate of drug-likeness (QED) is 0.0431. The van der Waals surface area contributed by atoms with E-state index in [9.17, 15) is 30.2 Å². The third-order valence-electron chi connectivity index (χ3n) is 10.6. The Morgan fingerprint density at radius 3 is 2.47 bits per heavy atom. The Bertz CT molecular complexity index is 1880. The number of aliphatic hydroxyl groups is 2. The maximum Gasteiger partial charge on any atom is 0.269 e. The lowest BCUT2D eigenvalue weighted by Crippen LogP contribution is -2.64. The molecule has 0 saturated heterocycles. The Hall–Kier alpha value is -4.69. The first-order valence-corrected chi connectivity index (χ1v) is 19.7. The van der Waals surface area contributed by atoms with Gasteiger partial charge in [0.05, 0.1) is 28.4 Å². The van der Waals surface area contributed by atoms with Gasteiger partial charge in [-0.3, -0.25) is 14.9 Å². The predicted molar refractivity (Wildman–Crippen MR) is 211 cm³/mol. The van der Waals surface area contributed by atoms with Gasteiger partial charge in [0.2, 0.25) is 11.7 Å². The number of aromatic hydroxyl groups is 1. The third-order valence-corrected chi connectivity index (χ3v) is 12.0. The van der Waals surface area contributed by atoms with Gasteiger partial charge in [0.25, 0.3) is 5.69 Å². The van der Waals surface area contributed by atoms with Crippen molar-refractivity contribution in [3.8, 4) is 11.5 Å².